The van der Waals surface area contributed by atoms with Gasteiger partial charge in [0.15, 0.2) is 5.82 Å². The van der Waals surface area contributed by atoms with E-state index in [1.165, 1.54) is 24.8 Å². The first-order valence-corrected chi connectivity index (χ1v) is 9.65. The molecule has 3 aromatic rings. The Morgan fingerprint density at radius 1 is 1.25 bits per heavy atom. The van der Waals surface area contributed by atoms with Gasteiger partial charge in [0.05, 0.1) is 37.2 Å². The molecule has 1 atom stereocenters. The fourth-order valence-electron chi connectivity index (χ4n) is 2.88. The lowest BCUT2D eigenvalue weighted by Crippen LogP contribution is -2.30. The van der Waals surface area contributed by atoms with E-state index in [2.05, 4.69) is 25.0 Å². The van der Waals surface area contributed by atoms with Crippen LogP contribution in [-0.4, -0.2) is 63.8 Å². The van der Waals surface area contributed by atoms with Crippen molar-refractivity contribution >= 4 is 16.9 Å². The molecule has 0 radical (unpaired) electrons. The lowest BCUT2D eigenvalue weighted by atomic mass is 10.2. The third-order valence-electron chi connectivity index (χ3n) is 4.36. The standard InChI is InChI=1S/C20H22F3N5O4/c1-12(29)8-26-18-19(30)28(5-6-32-11-20(21,22)23)16-7-14(24-10-15(16)27-18)13-3-4-17(31-2)25-9-13/h3-4,7,9-10,12,29H,5-6,8,11H2,1-2H3,(H,26,27)/t12-/m0/s1. The van der Waals surface area contributed by atoms with Crippen LogP contribution < -0.4 is 15.6 Å². The van der Waals surface area contributed by atoms with E-state index in [0.717, 1.165) is 0 Å². The van der Waals surface area contributed by atoms with Gasteiger partial charge < -0.3 is 24.5 Å². The molecule has 0 saturated carbocycles. The number of fused-ring (bicyclic) bond motifs is 1. The Labute approximate surface area is 180 Å². The van der Waals surface area contributed by atoms with E-state index in [4.69, 9.17) is 4.74 Å². The lowest BCUT2D eigenvalue weighted by molar-refractivity contribution is -0.174. The number of pyridine rings is 2. The number of aromatic nitrogens is 4. The molecular weight excluding hydrogens is 431 g/mol. The Kier molecular flexibility index (Phi) is 7.26. The molecule has 0 amide bonds. The van der Waals surface area contributed by atoms with Crippen molar-refractivity contribution in [1.82, 2.24) is 19.5 Å². The fraction of sp³-hybridized carbons (Fsp3) is 0.400. The van der Waals surface area contributed by atoms with E-state index >= 15 is 0 Å². The quantitative estimate of drug-likeness (QED) is 0.475. The molecular formula is C20H22F3N5O4. The predicted octanol–water partition coefficient (Wildman–Crippen LogP) is 2.23. The van der Waals surface area contributed by atoms with Crippen LogP contribution in [-0.2, 0) is 11.3 Å². The summed E-state index contributed by atoms with van der Waals surface area (Å²) in [5, 5.41) is 12.2. The van der Waals surface area contributed by atoms with Crippen LogP contribution in [0.15, 0.2) is 35.4 Å². The predicted molar refractivity (Wildman–Crippen MR) is 111 cm³/mol. The van der Waals surface area contributed by atoms with Crippen LogP contribution in [0.2, 0.25) is 0 Å². The second-order valence-corrected chi connectivity index (χ2v) is 6.96. The van der Waals surface area contributed by atoms with Gasteiger partial charge >= 0.3 is 6.18 Å². The Hall–Kier alpha value is -3.25. The van der Waals surface area contributed by atoms with Gasteiger partial charge in [-0.15, -0.1) is 0 Å². The summed E-state index contributed by atoms with van der Waals surface area (Å²) in [6.45, 7) is -0.282. The van der Waals surface area contributed by atoms with E-state index in [9.17, 15) is 23.1 Å². The first-order chi connectivity index (χ1) is 15.2. The number of nitrogens with one attached hydrogen (secondary N) is 1. The van der Waals surface area contributed by atoms with Gasteiger partial charge in [-0.2, -0.15) is 13.2 Å². The number of aliphatic hydroxyl groups is 1. The van der Waals surface area contributed by atoms with E-state index in [1.54, 1.807) is 24.4 Å². The van der Waals surface area contributed by atoms with E-state index in [1.807, 2.05) is 0 Å². The molecule has 3 heterocycles. The topological polar surface area (TPSA) is 111 Å². The molecule has 0 spiro atoms. The van der Waals surface area contributed by atoms with Gasteiger partial charge in [0.2, 0.25) is 5.88 Å². The summed E-state index contributed by atoms with van der Waals surface area (Å²) in [5.74, 6) is 0.374. The molecule has 0 aliphatic heterocycles. The lowest BCUT2D eigenvalue weighted by Gasteiger charge is -2.15. The zero-order chi connectivity index (χ0) is 23.3. The van der Waals surface area contributed by atoms with Gasteiger partial charge in [-0.25, -0.2) is 9.97 Å². The van der Waals surface area contributed by atoms with Crippen molar-refractivity contribution in [3.05, 3.63) is 40.9 Å². The molecule has 32 heavy (non-hydrogen) atoms. The van der Waals surface area contributed by atoms with Crippen LogP contribution in [0.5, 0.6) is 5.88 Å². The summed E-state index contributed by atoms with van der Waals surface area (Å²) < 4.78 is 48.1. The number of hydrogen-bond donors (Lipinski definition) is 2. The highest BCUT2D eigenvalue weighted by Crippen LogP contribution is 2.22. The van der Waals surface area contributed by atoms with E-state index < -0.39 is 24.4 Å². The van der Waals surface area contributed by atoms with Crippen LogP contribution in [0, 0.1) is 0 Å². The van der Waals surface area contributed by atoms with Crippen LogP contribution in [0.3, 0.4) is 0 Å². The molecule has 172 valence electrons. The Morgan fingerprint density at radius 3 is 2.66 bits per heavy atom. The molecule has 0 aliphatic carbocycles. The highest BCUT2D eigenvalue weighted by Gasteiger charge is 2.27. The number of methoxy groups -OCH3 is 1. The summed E-state index contributed by atoms with van der Waals surface area (Å²) in [7, 11) is 1.49. The van der Waals surface area contributed by atoms with Crippen molar-refractivity contribution in [3.8, 4) is 17.1 Å². The smallest absolute Gasteiger partial charge is 0.411 e. The minimum atomic E-state index is -4.46. The highest BCUT2D eigenvalue weighted by atomic mass is 19.4. The minimum Gasteiger partial charge on any atom is -0.481 e. The van der Waals surface area contributed by atoms with E-state index in [-0.39, 0.29) is 25.5 Å². The Morgan fingerprint density at radius 2 is 2.03 bits per heavy atom. The first-order valence-electron chi connectivity index (χ1n) is 9.65. The summed E-state index contributed by atoms with van der Waals surface area (Å²) in [4.78, 5) is 25.7. The number of halogens is 3. The monoisotopic (exact) mass is 453 g/mol. The fourth-order valence-corrected chi connectivity index (χ4v) is 2.88. The Balaban J connectivity index is 2.00. The number of anilines is 1. The normalized spacial score (nSPS) is 12.7. The van der Waals surface area contributed by atoms with Gasteiger partial charge in [0, 0.05) is 30.9 Å². The van der Waals surface area contributed by atoms with Gasteiger partial charge in [-0.05, 0) is 19.1 Å². The van der Waals surface area contributed by atoms with Gasteiger partial charge in [-0.1, -0.05) is 0 Å². The number of alkyl halides is 3. The minimum absolute atomic E-state index is 0.0464. The van der Waals surface area contributed by atoms with Gasteiger partial charge in [0.1, 0.15) is 12.1 Å². The number of nitrogens with zero attached hydrogens (tertiary/aromatic N) is 4. The first kappa shape index (κ1) is 23.4. The molecule has 0 aromatic carbocycles. The zero-order valence-electron chi connectivity index (χ0n) is 17.4. The maximum absolute atomic E-state index is 12.9. The van der Waals surface area contributed by atoms with E-state index in [0.29, 0.717) is 28.2 Å². The summed E-state index contributed by atoms with van der Waals surface area (Å²) >= 11 is 0. The third kappa shape index (κ3) is 5.92. The Bertz CT molecular complexity index is 1120. The molecule has 12 heteroatoms. The maximum atomic E-state index is 12.9. The number of hydrogen-bond acceptors (Lipinski definition) is 8. The second-order valence-electron chi connectivity index (χ2n) is 6.96. The van der Waals surface area contributed by atoms with Crippen molar-refractivity contribution in [2.24, 2.45) is 0 Å². The zero-order valence-corrected chi connectivity index (χ0v) is 17.4. The average molecular weight is 453 g/mol. The van der Waals surface area contributed by atoms with Crippen molar-refractivity contribution in [2.45, 2.75) is 25.7 Å². The molecule has 0 saturated heterocycles. The van der Waals surface area contributed by atoms with Crippen LogP contribution >= 0.6 is 0 Å². The van der Waals surface area contributed by atoms with Crippen molar-refractivity contribution in [1.29, 1.82) is 0 Å². The number of ether oxygens (including phenoxy) is 2. The summed E-state index contributed by atoms with van der Waals surface area (Å²) in [6, 6.07) is 5.00. The van der Waals surface area contributed by atoms with Crippen LogP contribution in [0.25, 0.3) is 22.3 Å². The molecule has 3 aromatic heterocycles. The highest BCUT2D eigenvalue weighted by molar-refractivity contribution is 5.80. The van der Waals surface area contributed by atoms with Crippen LogP contribution in [0.4, 0.5) is 19.0 Å². The SMILES string of the molecule is COc1ccc(-c2cc3c(cn2)nc(NC[C@H](C)O)c(=O)n3CCOCC(F)(F)F)cn1. The van der Waals surface area contributed by atoms with Crippen molar-refractivity contribution in [3.63, 3.8) is 0 Å². The number of aliphatic hydroxyl groups excluding tert-OH is 1. The molecule has 0 fully saturated rings. The molecule has 9 nitrogen and oxygen atoms in total. The summed E-state index contributed by atoms with van der Waals surface area (Å²) in [6.07, 6.45) is -2.20. The summed E-state index contributed by atoms with van der Waals surface area (Å²) in [5.41, 5.74) is 1.30. The van der Waals surface area contributed by atoms with Crippen molar-refractivity contribution in [2.75, 3.05) is 32.2 Å². The second kappa shape index (κ2) is 9.92. The average Bonchev–Trinajstić information content (AvgIpc) is 2.75. The molecule has 0 bridgehead atoms. The third-order valence-corrected chi connectivity index (χ3v) is 4.36. The molecule has 0 aliphatic rings. The molecule has 3 rings (SSSR count). The molecule has 2 N–H and O–H groups in total. The van der Waals surface area contributed by atoms with Crippen molar-refractivity contribution < 1.29 is 27.8 Å². The van der Waals surface area contributed by atoms with Crippen LogP contribution in [0.1, 0.15) is 6.92 Å². The largest absolute Gasteiger partial charge is 0.481 e. The number of rotatable bonds is 9. The maximum Gasteiger partial charge on any atom is 0.411 e. The molecule has 0 unspecified atom stereocenters. The van der Waals surface area contributed by atoms with Gasteiger partial charge in [0.25, 0.3) is 5.56 Å². The van der Waals surface area contributed by atoms with Gasteiger partial charge in [-0.3, -0.25) is 9.78 Å².